The molecule has 0 bridgehead atoms. The number of amides is 2. The third-order valence-corrected chi connectivity index (χ3v) is 3.55. The SMILES string of the molecule is CN(Cc1cnn(C)c1)C(=O)N1CCC[C@@H](C(=O)O)C1. The van der Waals surface area contributed by atoms with Crippen LogP contribution in [0.2, 0.25) is 0 Å². The summed E-state index contributed by atoms with van der Waals surface area (Å²) in [5.74, 6) is -1.27. The highest BCUT2D eigenvalue weighted by atomic mass is 16.4. The van der Waals surface area contributed by atoms with Crippen LogP contribution < -0.4 is 0 Å². The fraction of sp³-hybridized carbons (Fsp3) is 0.615. The molecule has 0 aliphatic carbocycles. The van der Waals surface area contributed by atoms with Gasteiger partial charge in [0.25, 0.3) is 0 Å². The van der Waals surface area contributed by atoms with Crippen molar-refractivity contribution in [3.05, 3.63) is 18.0 Å². The van der Waals surface area contributed by atoms with E-state index in [2.05, 4.69) is 5.10 Å². The predicted molar refractivity (Wildman–Crippen MR) is 72.0 cm³/mol. The van der Waals surface area contributed by atoms with Crippen LogP contribution in [0.25, 0.3) is 0 Å². The van der Waals surface area contributed by atoms with E-state index in [9.17, 15) is 9.59 Å². The molecule has 1 fully saturated rings. The predicted octanol–water partition coefficient (Wildman–Crippen LogP) is 0.769. The number of aryl methyl sites for hydroxylation is 1. The Hall–Kier alpha value is -2.05. The Morgan fingerprint density at radius 2 is 2.30 bits per heavy atom. The van der Waals surface area contributed by atoms with Crippen LogP contribution in [0.15, 0.2) is 12.4 Å². The first-order chi connectivity index (χ1) is 9.47. The molecule has 0 aromatic carbocycles. The van der Waals surface area contributed by atoms with Gasteiger partial charge in [0, 0.05) is 38.9 Å². The number of carboxylic acids is 1. The Balaban J connectivity index is 1.94. The number of aliphatic carboxylic acids is 1. The molecule has 1 aromatic heterocycles. The molecular formula is C13H20N4O3. The molecule has 0 saturated carbocycles. The van der Waals surface area contributed by atoms with Gasteiger partial charge in [-0.05, 0) is 12.8 Å². The monoisotopic (exact) mass is 280 g/mol. The lowest BCUT2D eigenvalue weighted by Gasteiger charge is -2.33. The molecule has 1 atom stereocenters. The lowest BCUT2D eigenvalue weighted by Crippen LogP contribution is -2.47. The Kier molecular flexibility index (Phi) is 4.26. The van der Waals surface area contributed by atoms with Gasteiger partial charge in [-0.3, -0.25) is 9.48 Å². The van der Waals surface area contributed by atoms with E-state index < -0.39 is 11.9 Å². The maximum atomic E-state index is 12.3. The molecule has 0 spiro atoms. The van der Waals surface area contributed by atoms with Crippen molar-refractivity contribution in [3.63, 3.8) is 0 Å². The van der Waals surface area contributed by atoms with E-state index in [0.717, 1.165) is 12.0 Å². The Morgan fingerprint density at radius 3 is 2.90 bits per heavy atom. The average molecular weight is 280 g/mol. The number of likely N-dealkylation sites (tertiary alicyclic amines) is 1. The molecule has 1 aromatic rings. The third kappa shape index (κ3) is 3.28. The van der Waals surface area contributed by atoms with Gasteiger partial charge in [0.15, 0.2) is 0 Å². The summed E-state index contributed by atoms with van der Waals surface area (Å²) < 4.78 is 1.69. The van der Waals surface area contributed by atoms with Crippen LogP contribution in [0.5, 0.6) is 0 Å². The second kappa shape index (κ2) is 5.94. The van der Waals surface area contributed by atoms with E-state index in [1.807, 2.05) is 13.2 Å². The highest BCUT2D eigenvalue weighted by Crippen LogP contribution is 2.18. The summed E-state index contributed by atoms with van der Waals surface area (Å²) in [6.45, 7) is 1.40. The van der Waals surface area contributed by atoms with Crippen molar-refractivity contribution in [2.45, 2.75) is 19.4 Å². The minimum absolute atomic E-state index is 0.125. The van der Waals surface area contributed by atoms with Gasteiger partial charge >= 0.3 is 12.0 Å². The van der Waals surface area contributed by atoms with E-state index in [4.69, 9.17) is 5.11 Å². The maximum Gasteiger partial charge on any atom is 0.320 e. The van der Waals surface area contributed by atoms with Gasteiger partial charge in [0.05, 0.1) is 18.7 Å². The van der Waals surface area contributed by atoms with Gasteiger partial charge in [0.1, 0.15) is 0 Å². The molecule has 2 rings (SSSR count). The molecule has 0 radical (unpaired) electrons. The first-order valence-electron chi connectivity index (χ1n) is 6.67. The smallest absolute Gasteiger partial charge is 0.320 e. The zero-order chi connectivity index (χ0) is 14.7. The molecule has 7 nitrogen and oxygen atoms in total. The van der Waals surface area contributed by atoms with Crippen LogP contribution in [0, 0.1) is 5.92 Å². The van der Waals surface area contributed by atoms with Gasteiger partial charge in [-0.1, -0.05) is 0 Å². The summed E-state index contributed by atoms with van der Waals surface area (Å²) in [6.07, 6.45) is 4.97. The lowest BCUT2D eigenvalue weighted by molar-refractivity contribution is -0.143. The molecule has 2 amide bonds. The summed E-state index contributed by atoms with van der Waals surface area (Å²) in [6, 6.07) is -0.125. The van der Waals surface area contributed by atoms with Crippen molar-refractivity contribution in [1.82, 2.24) is 19.6 Å². The summed E-state index contributed by atoms with van der Waals surface area (Å²) in [4.78, 5) is 26.6. The highest BCUT2D eigenvalue weighted by molar-refractivity contribution is 5.76. The van der Waals surface area contributed by atoms with E-state index in [0.29, 0.717) is 26.1 Å². The van der Waals surface area contributed by atoms with Crippen molar-refractivity contribution in [2.24, 2.45) is 13.0 Å². The van der Waals surface area contributed by atoms with Crippen LogP contribution in [-0.4, -0.2) is 56.8 Å². The molecule has 2 heterocycles. The largest absolute Gasteiger partial charge is 0.481 e. The molecule has 7 heteroatoms. The van der Waals surface area contributed by atoms with Gasteiger partial charge in [0.2, 0.25) is 0 Å². The van der Waals surface area contributed by atoms with E-state index >= 15 is 0 Å². The number of urea groups is 1. The normalized spacial score (nSPS) is 18.9. The van der Waals surface area contributed by atoms with Crippen LogP contribution >= 0.6 is 0 Å². The van der Waals surface area contributed by atoms with Gasteiger partial charge < -0.3 is 14.9 Å². The van der Waals surface area contributed by atoms with Crippen molar-refractivity contribution >= 4 is 12.0 Å². The number of aromatic nitrogens is 2. The minimum Gasteiger partial charge on any atom is -0.481 e. The third-order valence-electron chi connectivity index (χ3n) is 3.55. The van der Waals surface area contributed by atoms with Crippen molar-refractivity contribution in [3.8, 4) is 0 Å². The molecule has 1 aliphatic heterocycles. The Morgan fingerprint density at radius 1 is 1.55 bits per heavy atom. The van der Waals surface area contributed by atoms with Crippen molar-refractivity contribution in [1.29, 1.82) is 0 Å². The second-order valence-corrected chi connectivity index (χ2v) is 5.28. The van der Waals surface area contributed by atoms with E-state index in [1.165, 1.54) is 0 Å². The molecule has 20 heavy (non-hydrogen) atoms. The summed E-state index contributed by atoms with van der Waals surface area (Å²) in [5.41, 5.74) is 0.954. The molecule has 1 aliphatic rings. The molecule has 110 valence electrons. The zero-order valence-electron chi connectivity index (χ0n) is 11.8. The molecule has 1 N–H and O–H groups in total. The molecular weight excluding hydrogens is 260 g/mol. The Labute approximate surface area is 117 Å². The number of piperidine rings is 1. The first kappa shape index (κ1) is 14.4. The van der Waals surface area contributed by atoms with Crippen molar-refractivity contribution < 1.29 is 14.7 Å². The number of carboxylic acid groups (broad SMARTS) is 1. The van der Waals surface area contributed by atoms with E-state index in [-0.39, 0.29) is 6.03 Å². The number of nitrogens with zero attached hydrogens (tertiary/aromatic N) is 4. The summed E-state index contributed by atoms with van der Waals surface area (Å²) in [7, 11) is 3.55. The fourth-order valence-corrected chi connectivity index (χ4v) is 2.49. The number of hydrogen-bond donors (Lipinski definition) is 1. The van der Waals surface area contributed by atoms with Crippen molar-refractivity contribution in [2.75, 3.05) is 20.1 Å². The number of carbonyl (C=O) groups is 2. The fourth-order valence-electron chi connectivity index (χ4n) is 2.49. The topological polar surface area (TPSA) is 78.7 Å². The number of rotatable bonds is 3. The quantitative estimate of drug-likeness (QED) is 0.887. The Bertz CT molecular complexity index is 500. The van der Waals surface area contributed by atoms with Crippen LogP contribution in [0.4, 0.5) is 4.79 Å². The van der Waals surface area contributed by atoms with Crippen LogP contribution in [-0.2, 0) is 18.4 Å². The second-order valence-electron chi connectivity index (χ2n) is 5.28. The standard InChI is InChI=1S/C13H20N4O3/c1-15(7-10-6-14-16(2)8-10)13(20)17-5-3-4-11(9-17)12(18)19/h6,8,11H,3-5,7,9H2,1-2H3,(H,18,19)/t11-/m1/s1. The molecule has 0 unspecified atom stereocenters. The lowest BCUT2D eigenvalue weighted by atomic mass is 9.99. The highest BCUT2D eigenvalue weighted by Gasteiger charge is 2.29. The van der Waals surface area contributed by atoms with E-state index in [1.54, 1.807) is 27.7 Å². The van der Waals surface area contributed by atoms with Gasteiger partial charge in [-0.25, -0.2) is 4.79 Å². The minimum atomic E-state index is -0.822. The summed E-state index contributed by atoms with van der Waals surface area (Å²) >= 11 is 0. The summed E-state index contributed by atoms with van der Waals surface area (Å²) in [5, 5.41) is 13.1. The van der Waals surface area contributed by atoms with Gasteiger partial charge in [-0.2, -0.15) is 5.10 Å². The van der Waals surface area contributed by atoms with Crippen LogP contribution in [0.1, 0.15) is 18.4 Å². The molecule has 1 saturated heterocycles. The zero-order valence-corrected chi connectivity index (χ0v) is 11.8. The van der Waals surface area contributed by atoms with Gasteiger partial charge in [-0.15, -0.1) is 0 Å². The first-order valence-corrected chi connectivity index (χ1v) is 6.67. The van der Waals surface area contributed by atoms with Crippen LogP contribution in [0.3, 0.4) is 0 Å². The number of hydrogen-bond acceptors (Lipinski definition) is 3. The maximum absolute atomic E-state index is 12.3. The number of carbonyl (C=O) groups excluding carboxylic acids is 1. The average Bonchev–Trinajstić information content (AvgIpc) is 2.83.